The third-order valence-corrected chi connectivity index (χ3v) is 5.07. The summed E-state index contributed by atoms with van der Waals surface area (Å²) in [5, 5.41) is 8.86. The Balaban J connectivity index is 1.51. The fraction of sp³-hybridized carbons (Fsp3) is 0.500. The highest BCUT2D eigenvalue weighted by atomic mass is 32.1. The van der Waals surface area contributed by atoms with Crippen LogP contribution < -0.4 is 5.32 Å². The van der Waals surface area contributed by atoms with Gasteiger partial charge in [0.2, 0.25) is 10.1 Å². The summed E-state index contributed by atoms with van der Waals surface area (Å²) in [4.78, 5) is 7.76. The van der Waals surface area contributed by atoms with Gasteiger partial charge in [0.15, 0.2) is 0 Å². The predicted molar refractivity (Wildman–Crippen MR) is 92.7 cm³/mol. The number of fused-ring (bicyclic) bond motifs is 1. The van der Waals surface area contributed by atoms with Crippen molar-refractivity contribution in [2.45, 2.75) is 19.9 Å². The summed E-state index contributed by atoms with van der Waals surface area (Å²) in [5.74, 6) is 1.92. The minimum atomic E-state index is 0.167. The van der Waals surface area contributed by atoms with Crippen LogP contribution in [-0.4, -0.2) is 52.3 Å². The number of nitrogens with one attached hydrogen (secondary N) is 1. The van der Waals surface area contributed by atoms with Crippen molar-refractivity contribution in [3.63, 3.8) is 0 Å². The van der Waals surface area contributed by atoms with Gasteiger partial charge in [0.05, 0.1) is 31.1 Å². The SMILES string of the molecule is Cc1cn2nc(NC[C@@H](c3ccc(C)o3)N3CCOCC3)sc2n1. The molecule has 3 aromatic heterocycles. The Morgan fingerprint density at radius 2 is 2.12 bits per heavy atom. The molecule has 0 unspecified atom stereocenters. The molecule has 8 heteroatoms. The van der Waals surface area contributed by atoms with E-state index in [0.29, 0.717) is 0 Å². The summed E-state index contributed by atoms with van der Waals surface area (Å²) < 4.78 is 13.2. The Labute approximate surface area is 144 Å². The first kappa shape index (κ1) is 15.6. The van der Waals surface area contributed by atoms with Crippen LogP contribution in [0.5, 0.6) is 0 Å². The molecule has 1 N–H and O–H groups in total. The highest BCUT2D eigenvalue weighted by molar-refractivity contribution is 7.20. The van der Waals surface area contributed by atoms with Crippen LogP contribution in [0.4, 0.5) is 5.13 Å². The van der Waals surface area contributed by atoms with Crippen molar-refractivity contribution < 1.29 is 9.15 Å². The van der Waals surface area contributed by atoms with Crippen LogP contribution in [0.1, 0.15) is 23.3 Å². The quantitative estimate of drug-likeness (QED) is 0.765. The lowest BCUT2D eigenvalue weighted by Crippen LogP contribution is -2.41. The van der Waals surface area contributed by atoms with E-state index in [9.17, 15) is 0 Å². The van der Waals surface area contributed by atoms with Crippen molar-refractivity contribution in [2.75, 3.05) is 38.2 Å². The van der Waals surface area contributed by atoms with Crippen LogP contribution in [0.15, 0.2) is 22.7 Å². The Morgan fingerprint density at radius 3 is 2.83 bits per heavy atom. The highest BCUT2D eigenvalue weighted by Crippen LogP contribution is 2.26. The molecule has 1 fully saturated rings. The van der Waals surface area contributed by atoms with E-state index in [1.165, 1.54) is 0 Å². The molecular weight excluding hydrogens is 326 g/mol. The summed E-state index contributed by atoms with van der Waals surface area (Å²) >= 11 is 1.56. The second kappa shape index (κ2) is 6.54. The number of aromatic nitrogens is 3. The third kappa shape index (κ3) is 3.17. The standard InChI is InChI=1S/C16H21N5O2S/c1-11-10-21-16(18-11)24-15(19-21)17-9-13(14-4-3-12(2)23-14)20-5-7-22-8-6-20/h3-4,10,13H,5-9H2,1-2H3,(H,17,19)/t13-/m0/s1. The molecule has 0 saturated carbocycles. The van der Waals surface area contributed by atoms with Crippen molar-refractivity contribution in [3.8, 4) is 0 Å². The molecule has 0 spiro atoms. The van der Waals surface area contributed by atoms with E-state index in [2.05, 4.69) is 26.4 Å². The summed E-state index contributed by atoms with van der Waals surface area (Å²) in [7, 11) is 0. The van der Waals surface area contributed by atoms with E-state index >= 15 is 0 Å². The number of anilines is 1. The van der Waals surface area contributed by atoms with E-state index in [-0.39, 0.29) is 6.04 Å². The highest BCUT2D eigenvalue weighted by Gasteiger charge is 2.25. The molecule has 4 heterocycles. The number of furan rings is 1. The molecule has 1 aliphatic heterocycles. The van der Waals surface area contributed by atoms with Gasteiger partial charge >= 0.3 is 0 Å². The van der Waals surface area contributed by atoms with E-state index in [4.69, 9.17) is 9.15 Å². The molecule has 1 atom stereocenters. The summed E-state index contributed by atoms with van der Waals surface area (Å²) in [6.07, 6.45) is 1.94. The maximum atomic E-state index is 5.89. The Morgan fingerprint density at radius 1 is 1.29 bits per heavy atom. The largest absolute Gasteiger partial charge is 0.465 e. The van der Waals surface area contributed by atoms with Gasteiger partial charge in [-0.3, -0.25) is 4.90 Å². The molecule has 1 saturated heterocycles. The molecule has 3 aromatic rings. The molecule has 1 aliphatic rings. The molecule has 0 bridgehead atoms. The molecular formula is C16H21N5O2S. The average Bonchev–Trinajstić information content (AvgIpc) is 3.23. The van der Waals surface area contributed by atoms with Gasteiger partial charge in [-0.25, -0.2) is 9.50 Å². The zero-order valence-electron chi connectivity index (χ0n) is 13.9. The first-order valence-corrected chi connectivity index (χ1v) is 8.95. The lowest BCUT2D eigenvalue weighted by atomic mass is 10.1. The minimum Gasteiger partial charge on any atom is -0.465 e. The van der Waals surface area contributed by atoms with Gasteiger partial charge in [0.25, 0.3) is 0 Å². The maximum absolute atomic E-state index is 5.89. The molecule has 24 heavy (non-hydrogen) atoms. The van der Waals surface area contributed by atoms with Crippen LogP contribution in [0.3, 0.4) is 0 Å². The number of hydrogen-bond donors (Lipinski definition) is 1. The van der Waals surface area contributed by atoms with E-state index in [1.54, 1.807) is 11.3 Å². The lowest BCUT2D eigenvalue weighted by Gasteiger charge is -2.33. The normalized spacial score (nSPS) is 17.4. The topological polar surface area (TPSA) is 67.8 Å². The molecule has 0 amide bonds. The smallest absolute Gasteiger partial charge is 0.214 e. The summed E-state index contributed by atoms with van der Waals surface area (Å²) in [6.45, 7) is 8.04. The average molecular weight is 347 g/mol. The molecule has 0 radical (unpaired) electrons. The lowest BCUT2D eigenvalue weighted by molar-refractivity contribution is 0.0143. The van der Waals surface area contributed by atoms with E-state index in [0.717, 1.165) is 60.2 Å². The fourth-order valence-corrected chi connectivity index (χ4v) is 3.83. The minimum absolute atomic E-state index is 0.167. The maximum Gasteiger partial charge on any atom is 0.214 e. The number of morpholine rings is 1. The van der Waals surface area contributed by atoms with Crippen LogP contribution in [-0.2, 0) is 4.74 Å². The van der Waals surface area contributed by atoms with Crippen molar-refractivity contribution in [3.05, 3.63) is 35.5 Å². The Hall–Kier alpha value is -1.90. The van der Waals surface area contributed by atoms with Gasteiger partial charge in [-0.05, 0) is 26.0 Å². The van der Waals surface area contributed by atoms with Crippen LogP contribution in [0.25, 0.3) is 4.96 Å². The van der Waals surface area contributed by atoms with Crippen LogP contribution >= 0.6 is 11.3 Å². The van der Waals surface area contributed by atoms with Gasteiger partial charge in [-0.2, -0.15) is 0 Å². The van der Waals surface area contributed by atoms with Gasteiger partial charge in [-0.15, -0.1) is 5.10 Å². The zero-order valence-corrected chi connectivity index (χ0v) is 14.7. The number of rotatable bonds is 5. The van der Waals surface area contributed by atoms with Crippen LogP contribution in [0, 0.1) is 13.8 Å². The number of aryl methyl sites for hydroxylation is 2. The van der Waals surface area contributed by atoms with Crippen molar-refractivity contribution in [1.29, 1.82) is 0 Å². The van der Waals surface area contributed by atoms with Gasteiger partial charge in [0.1, 0.15) is 11.5 Å². The summed E-state index contributed by atoms with van der Waals surface area (Å²) in [6, 6.07) is 4.25. The number of ether oxygens (including phenoxy) is 1. The first-order valence-electron chi connectivity index (χ1n) is 8.14. The van der Waals surface area contributed by atoms with Crippen molar-refractivity contribution in [2.24, 2.45) is 0 Å². The summed E-state index contributed by atoms with van der Waals surface area (Å²) in [5.41, 5.74) is 0.984. The Kier molecular flexibility index (Phi) is 4.26. The Bertz CT molecular complexity index is 786. The van der Waals surface area contributed by atoms with E-state index in [1.807, 2.05) is 30.6 Å². The number of hydrogen-bond acceptors (Lipinski definition) is 7. The van der Waals surface area contributed by atoms with Gasteiger partial charge in [-0.1, -0.05) is 11.3 Å². The second-order valence-corrected chi connectivity index (χ2v) is 6.97. The van der Waals surface area contributed by atoms with Crippen LogP contribution in [0.2, 0.25) is 0 Å². The van der Waals surface area contributed by atoms with Crippen molar-refractivity contribution in [1.82, 2.24) is 19.5 Å². The molecule has 0 aliphatic carbocycles. The molecule has 7 nitrogen and oxygen atoms in total. The molecule has 4 rings (SSSR count). The zero-order chi connectivity index (χ0) is 16.5. The van der Waals surface area contributed by atoms with Crippen molar-refractivity contribution >= 4 is 21.4 Å². The monoisotopic (exact) mass is 347 g/mol. The molecule has 128 valence electrons. The number of nitrogens with zero attached hydrogens (tertiary/aromatic N) is 4. The van der Waals surface area contributed by atoms with E-state index < -0.39 is 0 Å². The fourth-order valence-electron chi connectivity index (χ4n) is 3.00. The third-order valence-electron chi connectivity index (χ3n) is 4.19. The van der Waals surface area contributed by atoms with Gasteiger partial charge in [0, 0.05) is 19.6 Å². The molecule has 0 aromatic carbocycles. The van der Waals surface area contributed by atoms with Gasteiger partial charge < -0.3 is 14.5 Å². The predicted octanol–water partition coefficient (Wildman–Crippen LogP) is 2.49. The second-order valence-electron chi connectivity index (χ2n) is 6.01. The number of imidazole rings is 1. The first-order chi connectivity index (χ1) is 11.7.